The van der Waals surface area contributed by atoms with Gasteiger partial charge in [0, 0.05) is 12.6 Å². The Morgan fingerprint density at radius 1 is 1.39 bits per heavy atom. The van der Waals surface area contributed by atoms with E-state index in [0.29, 0.717) is 18.5 Å². The fourth-order valence-corrected chi connectivity index (χ4v) is 2.88. The zero-order valence-electron chi connectivity index (χ0n) is 10.8. The van der Waals surface area contributed by atoms with Crippen molar-refractivity contribution in [3.63, 3.8) is 0 Å². The van der Waals surface area contributed by atoms with Crippen LogP contribution in [0.1, 0.15) is 45.4 Å². The molecule has 2 rings (SSSR count). The number of nitrogens with one attached hydrogen (secondary N) is 1. The number of hydrogen-bond acceptors (Lipinski definition) is 3. The average molecular weight is 261 g/mol. The van der Waals surface area contributed by atoms with E-state index >= 15 is 0 Å². The van der Waals surface area contributed by atoms with E-state index in [-0.39, 0.29) is 0 Å². The van der Waals surface area contributed by atoms with E-state index in [1.165, 1.54) is 32.1 Å². The molecule has 0 aromatic carbocycles. The highest BCUT2D eigenvalue weighted by atomic mass is 19.3. The summed E-state index contributed by atoms with van der Waals surface area (Å²) in [5, 5.41) is 3.24. The molecule has 5 heteroatoms. The lowest BCUT2D eigenvalue weighted by molar-refractivity contribution is -0.159. The predicted octanol–water partition coefficient (Wildman–Crippen LogP) is 2.50. The summed E-state index contributed by atoms with van der Waals surface area (Å²) in [4.78, 5) is 10.9. The molecule has 1 aliphatic carbocycles. The molecule has 1 N–H and O–H groups in total. The summed E-state index contributed by atoms with van der Waals surface area (Å²) < 4.78 is 30.6. The summed E-state index contributed by atoms with van der Waals surface area (Å²) in [5.41, 5.74) is 0. The van der Waals surface area contributed by atoms with Gasteiger partial charge in [0.15, 0.2) is 0 Å². The zero-order valence-corrected chi connectivity index (χ0v) is 10.8. The molecule has 0 amide bonds. The van der Waals surface area contributed by atoms with Crippen molar-refractivity contribution in [3.05, 3.63) is 0 Å². The van der Waals surface area contributed by atoms with Gasteiger partial charge in [0.1, 0.15) is 6.10 Å². The monoisotopic (exact) mass is 261 g/mol. The lowest BCUT2D eigenvalue weighted by Crippen LogP contribution is -2.39. The van der Waals surface area contributed by atoms with Gasteiger partial charge in [-0.15, -0.1) is 0 Å². The third-order valence-corrected chi connectivity index (χ3v) is 4.08. The summed E-state index contributed by atoms with van der Waals surface area (Å²) in [5.74, 6) is -4.04. The van der Waals surface area contributed by atoms with E-state index in [1.807, 2.05) is 0 Å². The van der Waals surface area contributed by atoms with Crippen molar-refractivity contribution in [1.82, 2.24) is 5.32 Å². The molecule has 1 saturated heterocycles. The molecule has 0 radical (unpaired) electrons. The minimum atomic E-state index is -3.29. The van der Waals surface area contributed by atoms with E-state index in [0.717, 1.165) is 0 Å². The number of esters is 1. The number of cyclic esters (lactones) is 1. The molecule has 0 spiro atoms. The molecule has 0 aromatic heterocycles. The van der Waals surface area contributed by atoms with Gasteiger partial charge in [0.05, 0.1) is 6.42 Å². The highest BCUT2D eigenvalue weighted by Crippen LogP contribution is 2.31. The predicted molar refractivity (Wildman–Crippen MR) is 63.5 cm³/mol. The Bertz CT molecular complexity index is 303. The lowest BCUT2D eigenvalue weighted by atomic mass is 9.84. The summed E-state index contributed by atoms with van der Waals surface area (Å²) >= 11 is 0. The molecular formula is C13H21F2NO2. The fraction of sp³-hybridized carbons (Fsp3) is 0.923. The van der Waals surface area contributed by atoms with Crippen LogP contribution in [-0.4, -0.2) is 30.6 Å². The van der Waals surface area contributed by atoms with Crippen LogP contribution in [0.25, 0.3) is 0 Å². The van der Waals surface area contributed by atoms with Gasteiger partial charge in [-0.3, -0.25) is 0 Å². The second-order valence-electron chi connectivity index (χ2n) is 5.53. The topological polar surface area (TPSA) is 38.3 Å². The maximum atomic E-state index is 13.0. The first-order valence-electron chi connectivity index (χ1n) is 6.81. The molecule has 1 heterocycles. The van der Waals surface area contributed by atoms with Gasteiger partial charge in [-0.2, -0.15) is 8.78 Å². The maximum absolute atomic E-state index is 13.0. The maximum Gasteiger partial charge on any atom is 0.377 e. The quantitative estimate of drug-likeness (QED) is 0.790. The van der Waals surface area contributed by atoms with Crippen molar-refractivity contribution in [2.24, 2.45) is 5.92 Å². The molecule has 2 atom stereocenters. The van der Waals surface area contributed by atoms with Crippen LogP contribution in [0.2, 0.25) is 0 Å². The minimum Gasteiger partial charge on any atom is -0.456 e. The number of rotatable bonds is 4. The van der Waals surface area contributed by atoms with Crippen LogP contribution in [0.3, 0.4) is 0 Å². The lowest BCUT2D eigenvalue weighted by Gasteiger charge is -2.29. The summed E-state index contributed by atoms with van der Waals surface area (Å²) in [6, 6.07) is 0.304. The molecule has 104 valence electrons. The minimum absolute atomic E-state index is 0.304. The number of alkyl halides is 2. The molecule has 18 heavy (non-hydrogen) atoms. The Morgan fingerprint density at radius 3 is 2.61 bits per heavy atom. The second kappa shape index (κ2) is 5.51. The van der Waals surface area contributed by atoms with Crippen LogP contribution in [0.4, 0.5) is 8.78 Å². The largest absolute Gasteiger partial charge is 0.456 e. The normalized spacial score (nSPS) is 30.2. The standard InChI is InChI=1S/C13H21F2NO2/c1-9(10-5-3-2-4-6-10)16-8-11-7-13(14,15)12(17)18-11/h9-11,16H,2-8H2,1H3. The van der Waals surface area contributed by atoms with Crippen molar-refractivity contribution in [1.29, 1.82) is 0 Å². The van der Waals surface area contributed by atoms with Gasteiger partial charge in [-0.05, 0) is 25.7 Å². The number of carbonyl (C=O) groups is 1. The van der Waals surface area contributed by atoms with E-state index in [4.69, 9.17) is 0 Å². The van der Waals surface area contributed by atoms with Crippen LogP contribution < -0.4 is 5.32 Å². The van der Waals surface area contributed by atoms with Crippen LogP contribution in [0.15, 0.2) is 0 Å². The zero-order chi connectivity index (χ0) is 13.2. The van der Waals surface area contributed by atoms with Gasteiger partial charge in [0.2, 0.25) is 0 Å². The van der Waals surface area contributed by atoms with Gasteiger partial charge >= 0.3 is 11.9 Å². The Morgan fingerprint density at radius 2 is 2.06 bits per heavy atom. The molecule has 0 aromatic rings. The first kappa shape index (κ1) is 13.7. The van der Waals surface area contributed by atoms with Gasteiger partial charge < -0.3 is 10.1 Å². The van der Waals surface area contributed by atoms with Gasteiger partial charge in [-0.1, -0.05) is 19.3 Å². The van der Waals surface area contributed by atoms with Crippen LogP contribution >= 0.6 is 0 Å². The summed E-state index contributed by atoms with van der Waals surface area (Å²) in [6.45, 7) is 2.42. The van der Waals surface area contributed by atoms with Crippen molar-refractivity contribution in [3.8, 4) is 0 Å². The third kappa shape index (κ3) is 3.19. The second-order valence-corrected chi connectivity index (χ2v) is 5.53. The van der Waals surface area contributed by atoms with E-state index in [1.54, 1.807) is 0 Å². The van der Waals surface area contributed by atoms with Crippen molar-refractivity contribution < 1.29 is 18.3 Å². The Balaban J connectivity index is 1.73. The first-order valence-corrected chi connectivity index (χ1v) is 6.81. The van der Waals surface area contributed by atoms with Crippen molar-refractivity contribution in [2.45, 2.75) is 63.5 Å². The summed E-state index contributed by atoms with van der Waals surface area (Å²) in [6.07, 6.45) is 5.05. The van der Waals surface area contributed by atoms with E-state index < -0.39 is 24.4 Å². The van der Waals surface area contributed by atoms with Crippen LogP contribution in [-0.2, 0) is 9.53 Å². The summed E-state index contributed by atoms with van der Waals surface area (Å²) in [7, 11) is 0. The molecule has 1 aliphatic heterocycles. The number of halogens is 2. The highest BCUT2D eigenvalue weighted by Gasteiger charge is 2.50. The molecule has 0 bridgehead atoms. The van der Waals surface area contributed by atoms with Gasteiger partial charge in [0.25, 0.3) is 0 Å². The smallest absolute Gasteiger partial charge is 0.377 e. The SMILES string of the molecule is CC(NCC1CC(F)(F)C(=O)O1)C1CCCCC1. The fourth-order valence-electron chi connectivity index (χ4n) is 2.88. The Labute approximate surface area is 106 Å². The van der Waals surface area contributed by atoms with E-state index in [9.17, 15) is 13.6 Å². The van der Waals surface area contributed by atoms with Gasteiger partial charge in [-0.25, -0.2) is 4.79 Å². The average Bonchev–Trinajstić information content (AvgIpc) is 2.61. The molecule has 1 saturated carbocycles. The third-order valence-electron chi connectivity index (χ3n) is 4.08. The van der Waals surface area contributed by atoms with Crippen LogP contribution in [0.5, 0.6) is 0 Å². The van der Waals surface area contributed by atoms with Crippen LogP contribution in [0, 0.1) is 5.92 Å². The Kier molecular flexibility index (Phi) is 4.20. The molecule has 2 fully saturated rings. The molecule has 2 unspecified atom stereocenters. The molecule has 2 aliphatic rings. The Hall–Kier alpha value is -0.710. The number of carbonyl (C=O) groups excluding carboxylic acids is 1. The molecular weight excluding hydrogens is 240 g/mol. The first-order chi connectivity index (χ1) is 8.49. The highest BCUT2D eigenvalue weighted by molar-refractivity contribution is 5.79. The number of ether oxygens (including phenoxy) is 1. The van der Waals surface area contributed by atoms with Crippen molar-refractivity contribution >= 4 is 5.97 Å². The number of hydrogen-bond donors (Lipinski definition) is 1. The molecule has 3 nitrogen and oxygen atoms in total. The van der Waals surface area contributed by atoms with E-state index in [2.05, 4.69) is 17.0 Å². The van der Waals surface area contributed by atoms with Crippen molar-refractivity contribution in [2.75, 3.05) is 6.54 Å².